The van der Waals surface area contributed by atoms with Crippen molar-refractivity contribution >= 4 is 23.7 Å². The third-order valence-electron chi connectivity index (χ3n) is 6.61. The predicted octanol–water partition coefficient (Wildman–Crippen LogP) is 5.22. The molecule has 3 aromatic carbocycles. The van der Waals surface area contributed by atoms with Crippen molar-refractivity contribution in [3.05, 3.63) is 107 Å². The first kappa shape index (κ1) is 28.1. The topological polar surface area (TPSA) is 112 Å². The number of methoxy groups -OCH3 is 1. The van der Waals surface area contributed by atoms with Gasteiger partial charge in [0.2, 0.25) is 0 Å². The molecular formula is C31H32N4O5. The monoisotopic (exact) mass is 540 g/mol. The Balaban J connectivity index is 1.48. The number of ether oxygens (including phenoxy) is 2. The quantitative estimate of drug-likeness (QED) is 0.282. The second-order valence-corrected chi connectivity index (χ2v) is 9.33. The highest BCUT2D eigenvalue weighted by atomic mass is 16.6. The lowest BCUT2D eigenvalue weighted by Gasteiger charge is -2.17. The lowest BCUT2D eigenvalue weighted by Crippen LogP contribution is -2.43. The predicted molar refractivity (Wildman–Crippen MR) is 152 cm³/mol. The molecular weight excluding hydrogens is 508 g/mol. The molecule has 4 aromatic rings. The van der Waals surface area contributed by atoms with Gasteiger partial charge in [-0.05, 0) is 37.1 Å². The number of carbonyl (C=O) groups excluding carboxylic acids is 3. The Morgan fingerprint density at radius 1 is 0.925 bits per heavy atom. The molecule has 206 valence electrons. The van der Waals surface area contributed by atoms with Crippen molar-refractivity contribution in [3.8, 4) is 11.3 Å². The molecule has 1 heterocycles. The number of benzene rings is 3. The number of hydrogen-bond donors (Lipinski definition) is 2. The van der Waals surface area contributed by atoms with E-state index in [0.717, 1.165) is 16.8 Å². The van der Waals surface area contributed by atoms with Crippen molar-refractivity contribution < 1.29 is 23.9 Å². The van der Waals surface area contributed by atoms with E-state index in [1.807, 2.05) is 67.6 Å². The Morgan fingerprint density at radius 3 is 2.17 bits per heavy atom. The van der Waals surface area contributed by atoms with Gasteiger partial charge in [-0.1, -0.05) is 72.8 Å². The Labute approximate surface area is 233 Å². The number of carbonyl (C=O) groups is 3. The summed E-state index contributed by atoms with van der Waals surface area (Å²) in [5.41, 5.74) is 4.63. The molecule has 0 bridgehead atoms. The van der Waals surface area contributed by atoms with E-state index in [4.69, 9.17) is 9.47 Å². The second kappa shape index (κ2) is 12.8. The van der Waals surface area contributed by atoms with Gasteiger partial charge in [0.1, 0.15) is 17.8 Å². The fraction of sp³-hybridized carbons (Fsp3) is 0.226. The van der Waals surface area contributed by atoms with Crippen molar-refractivity contribution in [3.63, 3.8) is 0 Å². The van der Waals surface area contributed by atoms with Crippen LogP contribution in [0.5, 0.6) is 0 Å². The molecule has 1 aromatic heterocycles. The minimum Gasteiger partial charge on any atom is -0.467 e. The number of nitrogens with zero attached hydrogens (tertiary/aromatic N) is 2. The standard InChI is InChI=1S/C31H32N4O5/c1-20-27(33-31(38)40-21(2)23-13-9-6-10-14-23)28(34-35(20)3)24-15-17-25(18-16-24)29(36)32-26(30(37)39-4)19-22-11-7-5-8-12-22/h5-18,21,26H,19H2,1-4H3,(H,32,36)(H,33,38)/t21?,26-/m1/s1. The van der Waals surface area contributed by atoms with Crippen molar-refractivity contribution in [2.45, 2.75) is 32.4 Å². The van der Waals surface area contributed by atoms with Crippen LogP contribution in [0.1, 0.15) is 40.2 Å². The highest BCUT2D eigenvalue weighted by molar-refractivity contribution is 5.98. The van der Waals surface area contributed by atoms with E-state index in [9.17, 15) is 14.4 Å². The number of esters is 1. The number of hydrogen-bond acceptors (Lipinski definition) is 6. The Bertz CT molecular complexity index is 1470. The molecule has 0 saturated carbocycles. The molecule has 40 heavy (non-hydrogen) atoms. The summed E-state index contributed by atoms with van der Waals surface area (Å²) in [7, 11) is 3.07. The van der Waals surface area contributed by atoms with E-state index >= 15 is 0 Å². The van der Waals surface area contributed by atoms with Gasteiger partial charge in [0.25, 0.3) is 5.91 Å². The molecule has 0 aliphatic heterocycles. The number of aryl methyl sites for hydroxylation is 1. The summed E-state index contributed by atoms with van der Waals surface area (Å²) in [5, 5.41) is 10.2. The molecule has 2 N–H and O–H groups in total. The van der Waals surface area contributed by atoms with Gasteiger partial charge < -0.3 is 14.8 Å². The van der Waals surface area contributed by atoms with Crippen LogP contribution in [0.2, 0.25) is 0 Å². The molecule has 0 aliphatic rings. The summed E-state index contributed by atoms with van der Waals surface area (Å²) < 4.78 is 12.1. The molecule has 0 fully saturated rings. The summed E-state index contributed by atoms with van der Waals surface area (Å²) in [4.78, 5) is 38.1. The van der Waals surface area contributed by atoms with Crippen molar-refractivity contribution in [1.29, 1.82) is 0 Å². The van der Waals surface area contributed by atoms with Crippen LogP contribution in [-0.4, -0.2) is 40.9 Å². The lowest BCUT2D eigenvalue weighted by molar-refractivity contribution is -0.142. The third kappa shape index (κ3) is 6.74. The van der Waals surface area contributed by atoms with Crippen LogP contribution in [0.15, 0.2) is 84.9 Å². The van der Waals surface area contributed by atoms with Crippen LogP contribution in [-0.2, 0) is 27.7 Å². The molecule has 9 nitrogen and oxygen atoms in total. The van der Waals surface area contributed by atoms with Crippen LogP contribution < -0.4 is 10.6 Å². The highest BCUT2D eigenvalue weighted by Crippen LogP contribution is 2.30. The molecule has 9 heteroatoms. The maximum absolute atomic E-state index is 13.0. The molecule has 0 spiro atoms. The average molecular weight is 541 g/mol. The largest absolute Gasteiger partial charge is 0.467 e. The van der Waals surface area contributed by atoms with E-state index in [1.165, 1.54) is 7.11 Å². The first-order chi connectivity index (χ1) is 19.3. The van der Waals surface area contributed by atoms with Crippen LogP contribution >= 0.6 is 0 Å². The van der Waals surface area contributed by atoms with Gasteiger partial charge in [-0.2, -0.15) is 5.10 Å². The van der Waals surface area contributed by atoms with Crippen molar-refractivity contribution in [2.75, 3.05) is 12.4 Å². The van der Waals surface area contributed by atoms with Gasteiger partial charge in [-0.15, -0.1) is 0 Å². The molecule has 0 aliphatic carbocycles. The van der Waals surface area contributed by atoms with Crippen molar-refractivity contribution in [2.24, 2.45) is 7.05 Å². The number of aromatic nitrogens is 2. The fourth-order valence-electron chi connectivity index (χ4n) is 4.25. The summed E-state index contributed by atoms with van der Waals surface area (Å²) >= 11 is 0. The molecule has 0 saturated heterocycles. The lowest BCUT2D eigenvalue weighted by atomic mass is 10.0. The Hall–Kier alpha value is -4.92. The second-order valence-electron chi connectivity index (χ2n) is 9.33. The molecule has 4 rings (SSSR count). The molecule has 0 radical (unpaired) electrons. The summed E-state index contributed by atoms with van der Waals surface area (Å²) in [6.45, 7) is 3.65. The van der Waals surface area contributed by atoms with E-state index in [0.29, 0.717) is 28.9 Å². The highest BCUT2D eigenvalue weighted by Gasteiger charge is 2.23. The fourth-order valence-corrected chi connectivity index (χ4v) is 4.25. The van der Waals surface area contributed by atoms with Crippen LogP contribution in [0.3, 0.4) is 0 Å². The zero-order valence-corrected chi connectivity index (χ0v) is 22.9. The zero-order chi connectivity index (χ0) is 28.6. The van der Waals surface area contributed by atoms with E-state index in [2.05, 4.69) is 15.7 Å². The average Bonchev–Trinajstić information content (AvgIpc) is 3.25. The molecule has 1 unspecified atom stereocenters. The van der Waals surface area contributed by atoms with Gasteiger partial charge in [-0.25, -0.2) is 9.59 Å². The maximum Gasteiger partial charge on any atom is 0.412 e. The maximum atomic E-state index is 13.0. The zero-order valence-electron chi connectivity index (χ0n) is 22.9. The normalized spacial score (nSPS) is 12.2. The van der Waals surface area contributed by atoms with Gasteiger partial charge >= 0.3 is 12.1 Å². The van der Waals surface area contributed by atoms with Gasteiger partial charge in [0.15, 0.2) is 0 Å². The van der Waals surface area contributed by atoms with Gasteiger partial charge in [0, 0.05) is 24.6 Å². The SMILES string of the molecule is COC(=O)[C@@H](Cc1ccccc1)NC(=O)c1ccc(-c2nn(C)c(C)c2NC(=O)OC(C)c2ccccc2)cc1. The van der Waals surface area contributed by atoms with Crippen LogP contribution in [0.4, 0.5) is 10.5 Å². The summed E-state index contributed by atoms with van der Waals surface area (Å²) in [6.07, 6.45) is -0.731. The first-order valence-corrected chi connectivity index (χ1v) is 12.9. The van der Waals surface area contributed by atoms with Crippen LogP contribution in [0, 0.1) is 6.92 Å². The number of amides is 2. The molecule has 2 atom stereocenters. The summed E-state index contributed by atoms with van der Waals surface area (Å²) in [5.74, 6) is -0.936. The number of nitrogens with one attached hydrogen (secondary N) is 2. The Morgan fingerprint density at radius 2 is 1.55 bits per heavy atom. The molecule has 2 amide bonds. The van der Waals surface area contributed by atoms with Crippen molar-refractivity contribution in [1.82, 2.24) is 15.1 Å². The smallest absolute Gasteiger partial charge is 0.412 e. The van der Waals surface area contributed by atoms with E-state index in [-0.39, 0.29) is 0 Å². The summed E-state index contributed by atoms with van der Waals surface area (Å²) in [6, 6.07) is 24.8. The third-order valence-corrected chi connectivity index (χ3v) is 6.61. The van der Waals surface area contributed by atoms with E-state index in [1.54, 1.807) is 42.9 Å². The number of rotatable bonds is 9. The minimum atomic E-state index is -0.835. The van der Waals surface area contributed by atoms with E-state index < -0.39 is 30.1 Å². The van der Waals surface area contributed by atoms with Gasteiger partial charge in [-0.3, -0.25) is 14.8 Å². The number of anilines is 1. The van der Waals surface area contributed by atoms with Gasteiger partial charge in [0.05, 0.1) is 18.5 Å². The Kier molecular flexibility index (Phi) is 8.96. The minimum absolute atomic E-state index is 0.304. The first-order valence-electron chi connectivity index (χ1n) is 12.9. The van der Waals surface area contributed by atoms with Crippen LogP contribution in [0.25, 0.3) is 11.3 Å².